The van der Waals surface area contributed by atoms with Crippen molar-refractivity contribution in [1.29, 1.82) is 5.26 Å². The van der Waals surface area contributed by atoms with Gasteiger partial charge in [-0.2, -0.15) is 5.26 Å². The second-order valence-electron chi connectivity index (χ2n) is 6.64. The Morgan fingerprint density at radius 3 is 2.55 bits per heavy atom. The summed E-state index contributed by atoms with van der Waals surface area (Å²) in [6.07, 6.45) is 0. The lowest BCUT2D eigenvalue weighted by Crippen LogP contribution is -2.42. The normalized spacial score (nSPS) is 17.6. The number of nitrogens with two attached hydrogens (primary N) is 1. The van der Waals surface area contributed by atoms with Crippen molar-refractivity contribution >= 4 is 29.3 Å². The summed E-state index contributed by atoms with van der Waals surface area (Å²) in [7, 11) is 1.17. The summed E-state index contributed by atoms with van der Waals surface area (Å²) in [5.41, 5.74) is 7.04. The highest BCUT2D eigenvalue weighted by molar-refractivity contribution is 8.03. The Bertz CT molecular complexity index is 1240. The molecule has 1 unspecified atom stereocenters. The molecule has 0 bridgehead atoms. The third kappa shape index (κ3) is 3.12. The van der Waals surface area contributed by atoms with Crippen molar-refractivity contribution in [3.05, 3.63) is 91.8 Å². The lowest BCUT2D eigenvalue weighted by molar-refractivity contribution is -0.384. The second kappa shape index (κ2) is 7.62. The summed E-state index contributed by atoms with van der Waals surface area (Å²) in [6.45, 7) is 0. The number of hydrogen-bond donors (Lipinski definition) is 1. The van der Waals surface area contributed by atoms with Gasteiger partial charge in [0.25, 0.3) is 11.6 Å². The van der Waals surface area contributed by atoms with Crippen molar-refractivity contribution in [2.45, 2.75) is 10.8 Å². The fourth-order valence-electron chi connectivity index (χ4n) is 3.59. The number of nitro groups is 1. The van der Waals surface area contributed by atoms with Crippen LogP contribution in [0.3, 0.4) is 0 Å². The molecule has 0 saturated heterocycles. The van der Waals surface area contributed by atoms with Crippen molar-refractivity contribution in [3.63, 3.8) is 0 Å². The number of non-ortho nitro benzene ring substituents is 1. The zero-order chi connectivity index (χ0) is 22.3. The minimum Gasteiger partial charge on any atom is -0.466 e. The van der Waals surface area contributed by atoms with Crippen LogP contribution in [-0.4, -0.2) is 28.8 Å². The third-order valence-corrected chi connectivity index (χ3v) is 6.19. The number of rotatable bonds is 3. The molecule has 0 aromatic heterocycles. The number of amides is 1. The van der Waals surface area contributed by atoms with Crippen LogP contribution in [0.2, 0.25) is 0 Å². The number of carbonyl (C=O) groups excluding carboxylic acids is 2. The van der Waals surface area contributed by atoms with E-state index in [4.69, 9.17) is 10.5 Å². The molecule has 9 nitrogen and oxygen atoms in total. The molecule has 2 aliphatic heterocycles. The maximum absolute atomic E-state index is 13.2. The molecule has 0 aliphatic carbocycles. The van der Waals surface area contributed by atoms with Crippen LogP contribution in [0, 0.1) is 21.4 Å². The molecule has 2 N–H and O–H groups in total. The van der Waals surface area contributed by atoms with Gasteiger partial charge >= 0.3 is 5.97 Å². The molecule has 1 atom stereocenters. The average molecular weight is 434 g/mol. The van der Waals surface area contributed by atoms with E-state index in [-0.39, 0.29) is 22.7 Å². The molecule has 10 heteroatoms. The van der Waals surface area contributed by atoms with Crippen LogP contribution in [0.15, 0.2) is 75.4 Å². The van der Waals surface area contributed by atoms with Crippen molar-refractivity contribution in [2.75, 3.05) is 7.11 Å². The van der Waals surface area contributed by atoms with Crippen molar-refractivity contribution in [2.24, 2.45) is 5.73 Å². The smallest absolute Gasteiger partial charge is 0.338 e. The number of methoxy groups -OCH3 is 1. The van der Waals surface area contributed by atoms with Gasteiger partial charge in [-0.25, -0.2) is 4.79 Å². The maximum Gasteiger partial charge on any atom is 0.338 e. The second-order valence-corrected chi connectivity index (χ2v) is 7.67. The van der Waals surface area contributed by atoms with Crippen molar-refractivity contribution in [3.8, 4) is 6.07 Å². The van der Waals surface area contributed by atoms with Crippen molar-refractivity contribution < 1.29 is 19.2 Å². The Morgan fingerprint density at radius 1 is 1.26 bits per heavy atom. The number of fused-ring (bicyclic) bond motifs is 2. The quantitative estimate of drug-likeness (QED) is 0.442. The van der Waals surface area contributed by atoms with E-state index in [1.54, 1.807) is 24.3 Å². The summed E-state index contributed by atoms with van der Waals surface area (Å²) < 4.78 is 4.89. The van der Waals surface area contributed by atoms with E-state index in [9.17, 15) is 25.0 Å². The van der Waals surface area contributed by atoms with Gasteiger partial charge in [0, 0.05) is 17.0 Å². The van der Waals surface area contributed by atoms with Gasteiger partial charge in [-0.15, -0.1) is 0 Å². The van der Waals surface area contributed by atoms with E-state index in [2.05, 4.69) is 6.07 Å². The predicted octanol–water partition coefficient (Wildman–Crippen LogP) is 3.02. The van der Waals surface area contributed by atoms with Crippen LogP contribution in [-0.2, 0) is 9.53 Å². The van der Waals surface area contributed by atoms with E-state index in [0.717, 1.165) is 4.90 Å². The van der Waals surface area contributed by atoms with Gasteiger partial charge in [-0.3, -0.25) is 19.8 Å². The van der Waals surface area contributed by atoms with Crippen LogP contribution < -0.4 is 5.73 Å². The minimum atomic E-state index is -0.949. The number of carbonyl (C=O) groups is 2. The summed E-state index contributed by atoms with van der Waals surface area (Å²) in [6, 6.07) is 14.5. The highest BCUT2D eigenvalue weighted by Crippen LogP contribution is 2.49. The minimum absolute atomic E-state index is 0.0787. The lowest BCUT2D eigenvalue weighted by Gasteiger charge is -2.38. The topological polar surface area (TPSA) is 140 Å². The number of esters is 1. The first-order valence-corrected chi connectivity index (χ1v) is 9.78. The number of thioether (sulfide) groups is 1. The average Bonchev–Trinajstić information content (AvgIpc) is 2.78. The number of benzene rings is 2. The Balaban J connectivity index is 1.97. The van der Waals surface area contributed by atoms with Gasteiger partial charge < -0.3 is 10.5 Å². The standard InChI is InChI=1S/C21H14N4O5S/c1-30-21(27)17-16(11-6-8-12(9-7-11)25(28)29)14(10-22)20-24(18(17)23)19(26)13-4-2-3-5-15(13)31-20/h2-9,16H,23H2,1H3. The molecule has 2 aromatic carbocycles. The summed E-state index contributed by atoms with van der Waals surface area (Å²) in [4.78, 5) is 38.1. The molecule has 2 heterocycles. The molecule has 0 radical (unpaired) electrons. The van der Waals surface area contributed by atoms with E-state index < -0.39 is 22.7 Å². The summed E-state index contributed by atoms with van der Waals surface area (Å²) >= 11 is 1.20. The molecule has 4 rings (SSSR count). The fraction of sp³-hybridized carbons (Fsp3) is 0.0952. The molecular weight excluding hydrogens is 420 g/mol. The third-order valence-electron chi connectivity index (χ3n) is 5.02. The number of hydrogen-bond acceptors (Lipinski definition) is 8. The van der Waals surface area contributed by atoms with Gasteiger partial charge in [0.2, 0.25) is 0 Å². The van der Waals surface area contributed by atoms with Crippen LogP contribution in [0.1, 0.15) is 21.8 Å². The number of ether oxygens (including phenoxy) is 1. The molecule has 31 heavy (non-hydrogen) atoms. The Hall–Kier alpha value is -4.10. The highest BCUT2D eigenvalue weighted by atomic mass is 32.2. The zero-order valence-electron chi connectivity index (χ0n) is 16.1. The predicted molar refractivity (Wildman–Crippen MR) is 110 cm³/mol. The monoisotopic (exact) mass is 434 g/mol. The first-order valence-electron chi connectivity index (χ1n) is 8.97. The van der Waals surface area contributed by atoms with Crippen LogP contribution in [0.4, 0.5) is 5.69 Å². The number of nitrogens with zero attached hydrogens (tertiary/aromatic N) is 3. The lowest BCUT2D eigenvalue weighted by atomic mass is 9.82. The first kappa shape index (κ1) is 20.2. The van der Waals surface area contributed by atoms with Crippen LogP contribution in [0.25, 0.3) is 0 Å². The largest absolute Gasteiger partial charge is 0.466 e. The van der Waals surface area contributed by atoms with E-state index in [0.29, 0.717) is 21.1 Å². The SMILES string of the molecule is COC(=O)C1=C(N)N2C(=O)c3ccccc3SC2=C(C#N)C1c1ccc([N+](=O)[O-])cc1. The molecule has 2 aromatic rings. The molecular formula is C21H14N4O5S. The molecule has 0 fully saturated rings. The Labute approximate surface area is 180 Å². The molecule has 0 spiro atoms. The number of nitro benzene ring substituents is 1. The molecule has 2 aliphatic rings. The molecule has 1 amide bonds. The van der Waals surface area contributed by atoms with Gasteiger partial charge in [0.1, 0.15) is 10.9 Å². The van der Waals surface area contributed by atoms with Gasteiger partial charge in [-0.05, 0) is 17.7 Å². The number of allylic oxidation sites excluding steroid dienone is 1. The van der Waals surface area contributed by atoms with Gasteiger partial charge in [0.05, 0.1) is 40.7 Å². The first-order chi connectivity index (χ1) is 14.9. The fourth-order valence-corrected chi connectivity index (χ4v) is 4.76. The Morgan fingerprint density at radius 2 is 1.94 bits per heavy atom. The number of nitriles is 1. The Kier molecular flexibility index (Phi) is 4.96. The zero-order valence-corrected chi connectivity index (χ0v) is 16.9. The maximum atomic E-state index is 13.2. The molecule has 154 valence electrons. The van der Waals surface area contributed by atoms with Crippen LogP contribution >= 0.6 is 11.8 Å². The highest BCUT2D eigenvalue weighted by Gasteiger charge is 2.44. The van der Waals surface area contributed by atoms with Crippen LogP contribution in [0.5, 0.6) is 0 Å². The summed E-state index contributed by atoms with van der Waals surface area (Å²) in [5, 5.41) is 21.3. The van der Waals surface area contributed by atoms with Gasteiger partial charge in [-0.1, -0.05) is 36.0 Å². The van der Waals surface area contributed by atoms with E-state index in [1.165, 1.54) is 43.1 Å². The molecule has 0 saturated carbocycles. The van der Waals surface area contributed by atoms with E-state index in [1.807, 2.05) is 0 Å². The van der Waals surface area contributed by atoms with E-state index >= 15 is 0 Å². The van der Waals surface area contributed by atoms with Crippen molar-refractivity contribution in [1.82, 2.24) is 4.90 Å². The summed E-state index contributed by atoms with van der Waals surface area (Å²) in [5.74, 6) is -2.35. The van der Waals surface area contributed by atoms with Gasteiger partial charge in [0.15, 0.2) is 0 Å².